The average Bonchev–Trinajstić information content (AvgIpc) is 2.72. The molecule has 1 aromatic rings. The van der Waals surface area contributed by atoms with Crippen LogP contribution in [0.5, 0.6) is 0 Å². The Hall–Kier alpha value is -2.52. The predicted molar refractivity (Wildman–Crippen MR) is 109 cm³/mol. The average molecular weight is 478 g/mol. The largest absolute Gasteiger partial charge is 0.416 e. The van der Waals surface area contributed by atoms with Crippen LogP contribution in [-0.2, 0) is 18.9 Å². The van der Waals surface area contributed by atoms with Crippen molar-refractivity contribution in [3.63, 3.8) is 0 Å². The van der Waals surface area contributed by atoms with Gasteiger partial charge in [0, 0.05) is 32.1 Å². The van der Waals surface area contributed by atoms with E-state index in [9.17, 15) is 35.5 Å². The summed E-state index contributed by atoms with van der Waals surface area (Å²) < 4.78 is 92.5. The number of urea groups is 1. The Morgan fingerprint density at radius 2 is 1.67 bits per heavy atom. The summed E-state index contributed by atoms with van der Waals surface area (Å²) in [6.45, 7) is 1.84. The molecule has 1 aliphatic carbocycles. The fourth-order valence-electron chi connectivity index (χ4n) is 4.54. The second-order valence-electron chi connectivity index (χ2n) is 8.66. The van der Waals surface area contributed by atoms with E-state index >= 15 is 0 Å². The number of halogens is 7. The molecular weight excluding hydrogens is 453 g/mol. The number of amides is 2. The zero-order valence-corrected chi connectivity index (χ0v) is 18.2. The molecule has 3 nitrogen and oxygen atoms in total. The van der Waals surface area contributed by atoms with Crippen molar-refractivity contribution >= 4 is 6.03 Å². The highest BCUT2D eigenvalue weighted by Crippen LogP contribution is 2.37. The zero-order chi connectivity index (χ0) is 24.6. The van der Waals surface area contributed by atoms with Gasteiger partial charge in [-0.3, -0.25) is 0 Å². The maximum absolute atomic E-state index is 13.6. The Morgan fingerprint density at radius 3 is 2.21 bits per heavy atom. The van der Waals surface area contributed by atoms with Crippen LogP contribution in [0.1, 0.15) is 42.9 Å². The van der Waals surface area contributed by atoms with Crippen LogP contribution in [0.4, 0.5) is 35.5 Å². The molecule has 0 spiro atoms. The van der Waals surface area contributed by atoms with Gasteiger partial charge in [-0.2, -0.15) is 26.3 Å². The van der Waals surface area contributed by atoms with E-state index < -0.39 is 36.1 Å². The predicted octanol–water partition coefficient (Wildman–Crippen LogP) is 6.81. The van der Waals surface area contributed by atoms with Crippen LogP contribution in [0, 0.1) is 11.8 Å². The minimum atomic E-state index is -4.96. The zero-order valence-electron chi connectivity index (χ0n) is 18.2. The molecule has 1 aliphatic heterocycles. The molecule has 0 N–H and O–H groups in total. The number of piperidine rings is 1. The van der Waals surface area contributed by atoms with Crippen molar-refractivity contribution in [3.8, 4) is 0 Å². The molecule has 1 saturated heterocycles. The molecule has 1 aromatic carbocycles. The van der Waals surface area contributed by atoms with Crippen molar-refractivity contribution < 1.29 is 35.5 Å². The van der Waals surface area contributed by atoms with Gasteiger partial charge in [-0.1, -0.05) is 13.0 Å². The number of nitrogens with zero attached hydrogens (tertiary/aromatic N) is 2. The summed E-state index contributed by atoms with van der Waals surface area (Å²) in [5.41, 5.74) is -3.10. The molecule has 2 aliphatic rings. The fourth-order valence-corrected chi connectivity index (χ4v) is 4.54. The van der Waals surface area contributed by atoms with Gasteiger partial charge in [-0.25, -0.2) is 9.18 Å². The Labute approximate surface area is 187 Å². The molecule has 2 unspecified atom stereocenters. The number of carbonyl (C=O) groups excluding carboxylic acids is 1. The van der Waals surface area contributed by atoms with Gasteiger partial charge < -0.3 is 9.80 Å². The number of rotatable bonds is 3. The molecule has 3 atom stereocenters. The van der Waals surface area contributed by atoms with Crippen LogP contribution in [0.3, 0.4) is 0 Å². The number of hydrogen-bond acceptors (Lipinski definition) is 1. The van der Waals surface area contributed by atoms with Crippen molar-refractivity contribution in [1.82, 2.24) is 9.80 Å². The van der Waals surface area contributed by atoms with E-state index in [0.29, 0.717) is 25.1 Å². The lowest BCUT2D eigenvalue weighted by atomic mass is 9.79. The lowest BCUT2D eigenvalue weighted by Crippen LogP contribution is -2.52. The molecule has 10 heteroatoms. The van der Waals surface area contributed by atoms with E-state index in [4.69, 9.17) is 0 Å². The molecule has 0 bridgehead atoms. The van der Waals surface area contributed by atoms with Crippen LogP contribution >= 0.6 is 0 Å². The van der Waals surface area contributed by atoms with E-state index in [0.717, 1.165) is 17.7 Å². The molecule has 0 radical (unpaired) electrons. The van der Waals surface area contributed by atoms with Gasteiger partial charge in [0.1, 0.15) is 5.83 Å². The van der Waals surface area contributed by atoms with Crippen molar-refractivity contribution in [2.45, 2.75) is 51.1 Å². The van der Waals surface area contributed by atoms with E-state index in [1.165, 1.54) is 19.2 Å². The third kappa shape index (κ3) is 5.89. The van der Waals surface area contributed by atoms with Gasteiger partial charge >= 0.3 is 18.4 Å². The first kappa shape index (κ1) is 25.1. The molecule has 2 amide bonds. The number of allylic oxidation sites excluding steroid dienone is 3. The highest BCUT2D eigenvalue weighted by Gasteiger charge is 2.38. The molecule has 33 heavy (non-hydrogen) atoms. The molecule has 1 fully saturated rings. The van der Waals surface area contributed by atoms with Gasteiger partial charge in [-0.15, -0.1) is 0 Å². The summed E-state index contributed by atoms with van der Waals surface area (Å²) in [5, 5.41) is 0. The second kappa shape index (κ2) is 9.38. The highest BCUT2D eigenvalue weighted by molar-refractivity contribution is 5.74. The summed E-state index contributed by atoms with van der Waals surface area (Å²) >= 11 is 0. The molecule has 0 aromatic heterocycles. The number of alkyl halides is 6. The Morgan fingerprint density at radius 1 is 1.06 bits per heavy atom. The number of hydrogen-bond donors (Lipinski definition) is 0. The molecule has 1 heterocycles. The normalized spacial score (nSPS) is 24.0. The third-order valence-corrected chi connectivity index (χ3v) is 6.14. The van der Waals surface area contributed by atoms with Crippen molar-refractivity contribution in [1.29, 1.82) is 0 Å². The highest BCUT2D eigenvalue weighted by atomic mass is 19.4. The van der Waals surface area contributed by atoms with Crippen LogP contribution in [0.25, 0.3) is 0 Å². The Kier molecular flexibility index (Phi) is 7.14. The van der Waals surface area contributed by atoms with Crippen LogP contribution < -0.4 is 0 Å². The van der Waals surface area contributed by atoms with Gasteiger partial charge in [-0.05, 0) is 61.1 Å². The van der Waals surface area contributed by atoms with Gasteiger partial charge in [0.25, 0.3) is 0 Å². The number of benzene rings is 1. The second-order valence-corrected chi connectivity index (χ2v) is 8.66. The standard InChI is InChI=1S/C23H25F7N2O/c1-14-9-18(24)6-7-19(14)20-5-3-4-8-32(20)21(33)31(2)13-15-10-16(22(25,26)27)12-17(11-15)23(28,29)30/h6-7,9-12,14,19-20H,3-5,8,13H2,1-2H3/t14?,19?,20-/m1/s1. The summed E-state index contributed by atoms with van der Waals surface area (Å²) in [6.07, 6.45) is -3.09. The van der Waals surface area contributed by atoms with E-state index in [-0.39, 0.29) is 35.3 Å². The van der Waals surface area contributed by atoms with Crippen LogP contribution in [0.2, 0.25) is 0 Å². The third-order valence-electron chi connectivity index (χ3n) is 6.14. The molecule has 3 rings (SSSR count). The quantitative estimate of drug-likeness (QED) is 0.438. The SMILES string of the molecule is CC1C=C(F)C=CC1[C@H]1CCCCN1C(=O)N(C)Cc1cc(C(F)(F)F)cc(C(F)(F)F)c1. The topological polar surface area (TPSA) is 23.6 Å². The first-order valence-electron chi connectivity index (χ1n) is 10.6. The molecular formula is C23H25F7N2O. The molecule has 182 valence electrons. The fraction of sp³-hybridized carbons (Fsp3) is 0.522. The van der Waals surface area contributed by atoms with E-state index in [1.807, 2.05) is 6.92 Å². The first-order valence-corrected chi connectivity index (χ1v) is 10.6. The summed E-state index contributed by atoms with van der Waals surface area (Å²) in [5.74, 6) is -0.640. The van der Waals surface area contributed by atoms with Crippen molar-refractivity contribution in [3.05, 3.63) is 58.9 Å². The van der Waals surface area contributed by atoms with E-state index in [1.54, 1.807) is 11.0 Å². The smallest absolute Gasteiger partial charge is 0.323 e. The lowest BCUT2D eigenvalue weighted by molar-refractivity contribution is -0.143. The Bertz CT molecular complexity index is 903. The van der Waals surface area contributed by atoms with Gasteiger partial charge in [0.15, 0.2) is 0 Å². The van der Waals surface area contributed by atoms with Crippen LogP contribution in [0.15, 0.2) is 42.3 Å². The Balaban J connectivity index is 1.82. The summed E-state index contributed by atoms with van der Waals surface area (Å²) in [6, 6.07) is 0.603. The monoisotopic (exact) mass is 478 g/mol. The van der Waals surface area contributed by atoms with E-state index in [2.05, 4.69) is 0 Å². The minimum absolute atomic E-state index is 0.0649. The number of likely N-dealkylation sites (tertiary alicyclic amines) is 1. The summed E-state index contributed by atoms with van der Waals surface area (Å²) in [7, 11) is 1.35. The van der Waals surface area contributed by atoms with Gasteiger partial charge in [0.05, 0.1) is 11.1 Å². The maximum atomic E-state index is 13.6. The summed E-state index contributed by atoms with van der Waals surface area (Å²) in [4.78, 5) is 15.9. The molecule has 0 saturated carbocycles. The minimum Gasteiger partial charge on any atom is -0.323 e. The van der Waals surface area contributed by atoms with Crippen LogP contribution in [-0.4, -0.2) is 35.5 Å². The van der Waals surface area contributed by atoms with Crippen molar-refractivity contribution in [2.24, 2.45) is 11.8 Å². The first-order chi connectivity index (χ1) is 15.3. The lowest BCUT2D eigenvalue weighted by Gasteiger charge is -2.43. The maximum Gasteiger partial charge on any atom is 0.416 e. The van der Waals surface area contributed by atoms with Crippen molar-refractivity contribution in [2.75, 3.05) is 13.6 Å². The van der Waals surface area contributed by atoms with Gasteiger partial charge in [0.2, 0.25) is 0 Å². The number of carbonyl (C=O) groups is 1.